The van der Waals surface area contributed by atoms with E-state index in [1.54, 1.807) is 0 Å². The van der Waals surface area contributed by atoms with E-state index in [1.165, 1.54) is 0 Å². The number of rotatable bonds is 4. The van der Waals surface area contributed by atoms with Gasteiger partial charge in [-0.05, 0) is 6.42 Å². The van der Waals surface area contributed by atoms with Gasteiger partial charge in [0.25, 0.3) is 0 Å². The third-order valence-corrected chi connectivity index (χ3v) is 2.58. The number of hydrogen-bond acceptors (Lipinski definition) is 3. The third kappa shape index (κ3) is 3.99. The van der Waals surface area contributed by atoms with Gasteiger partial charge in [-0.2, -0.15) is 0 Å². The molecule has 3 heteroatoms. The monoisotopic (exact) mass is 235 g/mol. The Hall–Kier alpha value is -1.12. The summed E-state index contributed by atoms with van der Waals surface area (Å²) in [5.41, 5.74) is 1.17. The molecule has 0 saturated carbocycles. The molecule has 0 aliphatic carbocycles. The van der Waals surface area contributed by atoms with Crippen LogP contribution in [0.15, 0.2) is 6.07 Å². The van der Waals surface area contributed by atoms with Crippen LogP contribution in [-0.2, 0) is 5.41 Å². The number of nitrogens with one attached hydrogen (secondary N) is 1. The molecule has 0 spiro atoms. The second-order valence-corrected chi connectivity index (χ2v) is 5.83. The van der Waals surface area contributed by atoms with E-state index in [0.717, 1.165) is 30.3 Å². The number of hydrogen-bond donors (Lipinski definition) is 1. The first-order chi connectivity index (χ1) is 7.84. The van der Waals surface area contributed by atoms with Crippen LogP contribution in [-0.4, -0.2) is 16.5 Å². The highest BCUT2D eigenvalue weighted by Crippen LogP contribution is 2.24. The van der Waals surface area contributed by atoms with Crippen LogP contribution >= 0.6 is 0 Å². The molecule has 17 heavy (non-hydrogen) atoms. The second kappa shape index (κ2) is 5.48. The Bertz CT molecular complexity index is 364. The standard InChI is InChI=1S/C14H25N3/c1-7-8-15-12-9-11(14(4,5)6)16-13(17-12)10(2)3/h9-10H,7-8H2,1-6H3,(H,15,16,17). The van der Waals surface area contributed by atoms with Gasteiger partial charge in [-0.1, -0.05) is 41.5 Å². The molecule has 1 aromatic heterocycles. The number of nitrogens with zero attached hydrogens (tertiary/aromatic N) is 2. The van der Waals surface area contributed by atoms with E-state index in [9.17, 15) is 0 Å². The minimum absolute atomic E-state index is 0.0647. The van der Waals surface area contributed by atoms with E-state index in [1.807, 2.05) is 0 Å². The Labute approximate surface area is 105 Å². The lowest BCUT2D eigenvalue weighted by Crippen LogP contribution is -2.17. The lowest BCUT2D eigenvalue weighted by Gasteiger charge is -2.20. The summed E-state index contributed by atoms with van der Waals surface area (Å²) in [6.07, 6.45) is 1.10. The average molecular weight is 235 g/mol. The molecule has 0 aliphatic rings. The molecular weight excluding hydrogens is 210 g/mol. The zero-order valence-electron chi connectivity index (χ0n) is 12.0. The maximum Gasteiger partial charge on any atom is 0.133 e. The summed E-state index contributed by atoms with van der Waals surface area (Å²) < 4.78 is 0. The second-order valence-electron chi connectivity index (χ2n) is 5.83. The van der Waals surface area contributed by atoms with E-state index in [0.29, 0.717) is 5.92 Å². The molecule has 0 fully saturated rings. The van der Waals surface area contributed by atoms with E-state index in [2.05, 4.69) is 62.9 Å². The fraction of sp³-hybridized carbons (Fsp3) is 0.714. The summed E-state index contributed by atoms with van der Waals surface area (Å²) >= 11 is 0. The predicted octanol–water partition coefficient (Wildman–Crippen LogP) is 3.72. The lowest BCUT2D eigenvalue weighted by atomic mass is 9.91. The number of anilines is 1. The highest BCUT2D eigenvalue weighted by Gasteiger charge is 2.18. The van der Waals surface area contributed by atoms with Crippen molar-refractivity contribution >= 4 is 5.82 Å². The van der Waals surface area contributed by atoms with Gasteiger partial charge in [0.05, 0.1) is 5.69 Å². The molecule has 0 bridgehead atoms. The molecule has 0 radical (unpaired) electrons. The van der Waals surface area contributed by atoms with E-state index < -0.39 is 0 Å². The molecule has 3 nitrogen and oxygen atoms in total. The first-order valence-electron chi connectivity index (χ1n) is 6.48. The molecule has 96 valence electrons. The Morgan fingerprint density at radius 1 is 1.24 bits per heavy atom. The molecule has 0 saturated heterocycles. The summed E-state index contributed by atoms with van der Waals surface area (Å²) in [5, 5.41) is 3.35. The topological polar surface area (TPSA) is 37.8 Å². The quantitative estimate of drug-likeness (QED) is 0.864. The van der Waals surface area contributed by atoms with Gasteiger partial charge < -0.3 is 5.32 Å². The molecule has 0 amide bonds. The third-order valence-electron chi connectivity index (χ3n) is 2.58. The zero-order valence-corrected chi connectivity index (χ0v) is 12.0. The summed E-state index contributed by atoms with van der Waals surface area (Å²) in [6, 6.07) is 2.07. The predicted molar refractivity (Wildman–Crippen MR) is 73.6 cm³/mol. The molecule has 1 heterocycles. The largest absolute Gasteiger partial charge is 0.370 e. The van der Waals surface area contributed by atoms with Crippen molar-refractivity contribution in [2.75, 3.05) is 11.9 Å². The van der Waals surface area contributed by atoms with E-state index in [4.69, 9.17) is 0 Å². The molecule has 1 aromatic rings. The molecule has 0 atom stereocenters. The van der Waals surface area contributed by atoms with Crippen molar-refractivity contribution in [2.24, 2.45) is 0 Å². The van der Waals surface area contributed by atoms with Crippen LogP contribution in [0.3, 0.4) is 0 Å². The molecule has 0 aliphatic heterocycles. The highest BCUT2D eigenvalue weighted by atomic mass is 15.0. The van der Waals surface area contributed by atoms with Gasteiger partial charge in [0.1, 0.15) is 11.6 Å². The van der Waals surface area contributed by atoms with Crippen LogP contribution < -0.4 is 5.32 Å². The highest BCUT2D eigenvalue weighted by molar-refractivity contribution is 5.38. The van der Waals surface area contributed by atoms with Crippen LogP contribution in [0, 0.1) is 0 Å². The van der Waals surface area contributed by atoms with Crippen LogP contribution in [0.5, 0.6) is 0 Å². The summed E-state index contributed by atoms with van der Waals surface area (Å²) in [6.45, 7) is 13.9. The Balaban J connectivity index is 3.10. The van der Waals surface area contributed by atoms with Crippen molar-refractivity contribution in [3.8, 4) is 0 Å². The Morgan fingerprint density at radius 2 is 1.88 bits per heavy atom. The van der Waals surface area contributed by atoms with Crippen molar-refractivity contribution in [1.29, 1.82) is 0 Å². The molecular formula is C14H25N3. The van der Waals surface area contributed by atoms with Gasteiger partial charge in [-0.3, -0.25) is 0 Å². The van der Waals surface area contributed by atoms with E-state index in [-0.39, 0.29) is 5.41 Å². The van der Waals surface area contributed by atoms with Crippen LogP contribution in [0.25, 0.3) is 0 Å². The molecule has 0 aromatic carbocycles. The fourth-order valence-electron chi connectivity index (χ4n) is 1.45. The maximum absolute atomic E-state index is 4.66. The summed E-state index contributed by atoms with van der Waals surface area (Å²) in [5.74, 6) is 2.24. The minimum atomic E-state index is 0.0647. The maximum atomic E-state index is 4.66. The smallest absolute Gasteiger partial charge is 0.133 e. The number of aromatic nitrogens is 2. The van der Waals surface area contributed by atoms with Crippen molar-refractivity contribution in [3.63, 3.8) is 0 Å². The SMILES string of the molecule is CCCNc1cc(C(C)(C)C)nc(C(C)C)n1. The first-order valence-corrected chi connectivity index (χ1v) is 6.48. The van der Waals surface area contributed by atoms with E-state index >= 15 is 0 Å². The summed E-state index contributed by atoms with van der Waals surface area (Å²) in [7, 11) is 0. The Kier molecular flexibility index (Phi) is 4.49. The van der Waals surface area contributed by atoms with Gasteiger partial charge in [0, 0.05) is 23.9 Å². The average Bonchev–Trinajstić information content (AvgIpc) is 2.24. The van der Waals surface area contributed by atoms with Crippen LogP contribution in [0.2, 0.25) is 0 Å². The van der Waals surface area contributed by atoms with Gasteiger partial charge >= 0.3 is 0 Å². The van der Waals surface area contributed by atoms with Crippen molar-refractivity contribution in [1.82, 2.24) is 9.97 Å². The zero-order chi connectivity index (χ0) is 13.1. The molecule has 1 N–H and O–H groups in total. The van der Waals surface area contributed by atoms with Crippen LogP contribution in [0.4, 0.5) is 5.82 Å². The first kappa shape index (κ1) is 13.9. The molecule has 0 unspecified atom stereocenters. The van der Waals surface area contributed by atoms with Gasteiger partial charge in [-0.15, -0.1) is 0 Å². The summed E-state index contributed by atoms with van der Waals surface area (Å²) in [4.78, 5) is 9.22. The van der Waals surface area contributed by atoms with Gasteiger partial charge in [0.15, 0.2) is 0 Å². The van der Waals surface area contributed by atoms with Crippen molar-refractivity contribution < 1.29 is 0 Å². The van der Waals surface area contributed by atoms with Crippen molar-refractivity contribution in [2.45, 2.75) is 59.3 Å². The minimum Gasteiger partial charge on any atom is -0.370 e. The van der Waals surface area contributed by atoms with Gasteiger partial charge in [-0.25, -0.2) is 9.97 Å². The van der Waals surface area contributed by atoms with Crippen molar-refractivity contribution in [3.05, 3.63) is 17.6 Å². The Morgan fingerprint density at radius 3 is 2.35 bits per heavy atom. The van der Waals surface area contributed by atoms with Gasteiger partial charge in [0.2, 0.25) is 0 Å². The lowest BCUT2D eigenvalue weighted by molar-refractivity contribution is 0.558. The molecule has 1 rings (SSSR count). The normalized spacial score (nSPS) is 11.9. The van der Waals surface area contributed by atoms with Crippen LogP contribution in [0.1, 0.15) is 65.4 Å². The fourth-order valence-corrected chi connectivity index (χ4v) is 1.45.